The van der Waals surface area contributed by atoms with Gasteiger partial charge in [0.05, 0.1) is 11.5 Å². The van der Waals surface area contributed by atoms with E-state index in [2.05, 4.69) is 5.32 Å². The van der Waals surface area contributed by atoms with Crippen molar-refractivity contribution in [1.82, 2.24) is 5.32 Å². The van der Waals surface area contributed by atoms with Crippen LogP contribution in [0.3, 0.4) is 0 Å². The van der Waals surface area contributed by atoms with E-state index in [-0.39, 0.29) is 11.3 Å². The topological polar surface area (TPSA) is 229 Å². The number of nitro groups is 1. The molecule has 1 amide bonds. The molecule has 1 saturated heterocycles. The van der Waals surface area contributed by atoms with E-state index in [0.29, 0.717) is 0 Å². The lowest BCUT2D eigenvalue weighted by atomic mass is 9.73. The van der Waals surface area contributed by atoms with Crippen molar-refractivity contribution >= 4 is 17.6 Å². The van der Waals surface area contributed by atoms with Gasteiger partial charge in [0.2, 0.25) is 11.7 Å². The Hall–Kier alpha value is -2.72. The summed E-state index contributed by atoms with van der Waals surface area (Å²) in [5, 5.41) is 74.7. The predicted octanol–water partition coefficient (Wildman–Crippen LogP) is -2.60. The summed E-state index contributed by atoms with van der Waals surface area (Å²) in [6.45, 7) is 0.0252. The third-order valence-corrected chi connectivity index (χ3v) is 5.24. The Balaban J connectivity index is 2.73. The standard InChI is InChI=1S/C18H24N2O12/c1-8(22)19-15-13(12(24)11(23)7-21)32-18(28,16(25)26)14(17(15,27)31-2)9-3-5-10(6-4-9)20(29)30/h3-6,11-15,21,23-24,27-28H,7H2,1-2H3,(H,19,22)(H,25,26)/t11-,12-,13+,14?,15+,17-,18?/m1/s1. The Labute approximate surface area is 180 Å². The van der Waals surface area contributed by atoms with Crippen molar-refractivity contribution < 1.29 is 54.6 Å². The molecular formula is C18H24N2O12. The number of carboxylic acids is 1. The van der Waals surface area contributed by atoms with Crippen LogP contribution in [0.2, 0.25) is 0 Å². The van der Waals surface area contributed by atoms with Crippen molar-refractivity contribution in [3.05, 3.63) is 39.9 Å². The molecule has 1 fully saturated rings. The van der Waals surface area contributed by atoms with Crippen LogP contribution >= 0.6 is 0 Å². The van der Waals surface area contributed by atoms with E-state index in [0.717, 1.165) is 38.3 Å². The van der Waals surface area contributed by atoms with Gasteiger partial charge in [0.25, 0.3) is 11.5 Å². The molecule has 14 nitrogen and oxygen atoms in total. The van der Waals surface area contributed by atoms with Crippen molar-refractivity contribution in [1.29, 1.82) is 0 Å². The molecule has 0 radical (unpaired) electrons. The molecule has 0 bridgehead atoms. The Bertz CT molecular complexity index is 864. The molecule has 14 heteroatoms. The van der Waals surface area contributed by atoms with Crippen LogP contribution in [0.4, 0.5) is 5.69 Å². The minimum atomic E-state index is -3.31. The Kier molecular flexibility index (Phi) is 7.51. The SMILES string of the molecule is CO[C@]1(O)C(c2ccc([N+](=O)[O-])cc2)C(O)(C(=O)O)O[C@@H]([C@H](O)[C@H](O)CO)[C@@H]1NC(C)=O. The molecule has 32 heavy (non-hydrogen) atoms. The molecule has 0 saturated carbocycles. The second kappa shape index (κ2) is 9.41. The summed E-state index contributed by atoms with van der Waals surface area (Å²) in [5.74, 6) is -10.9. The highest BCUT2D eigenvalue weighted by molar-refractivity contribution is 5.78. The normalized spacial score (nSPS) is 32.0. The molecule has 0 aromatic heterocycles. The fourth-order valence-corrected chi connectivity index (χ4v) is 3.71. The van der Waals surface area contributed by atoms with Gasteiger partial charge in [-0.25, -0.2) is 4.79 Å². The molecule has 2 rings (SSSR count). The van der Waals surface area contributed by atoms with Gasteiger partial charge in [-0.15, -0.1) is 0 Å². The Morgan fingerprint density at radius 1 is 1.28 bits per heavy atom. The van der Waals surface area contributed by atoms with Gasteiger partial charge >= 0.3 is 5.97 Å². The number of methoxy groups -OCH3 is 1. The number of carboxylic acid groups (broad SMARTS) is 1. The van der Waals surface area contributed by atoms with Crippen molar-refractivity contribution in [3.63, 3.8) is 0 Å². The number of aliphatic hydroxyl groups excluding tert-OH is 3. The number of ether oxygens (including phenoxy) is 2. The number of nitrogens with zero attached hydrogens (tertiary/aromatic N) is 1. The molecule has 7 atom stereocenters. The molecule has 1 aliphatic rings. The number of hydrogen-bond acceptors (Lipinski definition) is 11. The molecule has 1 aliphatic heterocycles. The third kappa shape index (κ3) is 4.42. The zero-order valence-corrected chi connectivity index (χ0v) is 17.0. The number of aliphatic carboxylic acids is 1. The van der Waals surface area contributed by atoms with Crippen LogP contribution in [0.15, 0.2) is 24.3 Å². The minimum Gasteiger partial charge on any atom is -0.477 e. The van der Waals surface area contributed by atoms with Crippen LogP contribution in [0.25, 0.3) is 0 Å². The maximum Gasteiger partial charge on any atom is 0.365 e. The number of carbonyl (C=O) groups excluding carboxylic acids is 1. The minimum absolute atomic E-state index is 0.184. The van der Waals surface area contributed by atoms with Crippen molar-refractivity contribution in [3.8, 4) is 0 Å². The number of rotatable bonds is 8. The summed E-state index contributed by atoms with van der Waals surface area (Å²) in [7, 11) is 0.923. The van der Waals surface area contributed by atoms with E-state index in [4.69, 9.17) is 14.6 Å². The van der Waals surface area contributed by atoms with Gasteiger partial charge in [-0.2, -0.15) is 0 Å². The lowest BCUT2D eigenvalue weighted by Crippen LogP contribution is -2.76. The second-order valence-electron chi connectivity index (χ2n) is 7.24. The van der Waals surface area contributed by atoms with E-state index in [1.165, 1.54) is 0 Å². The van der Waals surface area contributed by atoms with Gasteiger partial charge in [-0.05, 0) is 5.56 Å². The number of aliphatic hydroxyl groups is 5. The van der Waals surface area contributed by atoms with E-state index < -0.39 is 65.3 Å². The van der Waals surface area contributed by atoms with Crippen LogP contribution in [0, 0.1) is 10.1 Å². The summed E-state index contributed by atoms with van der Waals surface area (Å²) in [6, 6.07) is 2.29. The molecule has 2 unspecified atom stereocenters. The van der Waals surface area contributed by atoms with Crippen LogP contribution < -0.4 is 5.32 Å². The zero-order chi connectivity index (χ0) is 24.4. The quantitative estimate of drug-likeness (QED) is 0.120. The number of benzene rings is 1. The largest absolute Gasteiger partial charge is 0.477 e. The number of amides is 1. The summed E-state index contributed by atoms with van der Waals surface area (Å²) >= 11 is 0. The van der Waals surface area contributed by atoms with Gasteiger partial charge in [0, 0.05) is 26.2 Å². The maximum atomic E-state index is 12.0. The molecule has 1 aromatic rings. The van der Waals surface area contributed by atoms with Crippen LogP contribution in [-0.2, 0) is 19.1 Å². The first kappa shape index (κ1) is 25.5. The molecule has 1 aromatic carbocycles. The van der Waals surface area contributed by atoms with E-state index in [1.54, 1.807) is 0 Å². The lowest BCUT2D eigenvalue weighted by Gasteiger charge is -2.54. The molecule has 0 aliphatic carbocycles. The molecule has 178 valence electrons. The second-order valence-corrected chi connectivity index (χ2v) is 7.24. The zero-order valence-electron chi connectivity index (χ0n) is 17.0. The van der Waals surface area contributed by atoms with Crippen LogP contribution in [0.5, 0.6) is 0 Å². The van der Waals surface area contributed by atoms with Crippen LogP contribution in [0.1, 0.15) is 18.4 Å². The first-order valence-corrected chi connectivity index (χ1v) is 9.23. The molecular weight excluding hydrogens is 436 g/mol. The number of hydrogen-bond donors (Lipinski definition) is 7. The number of nitro benzene ring substituents is 1. The van der Waals surface area contributed by atoms with Gasteiger partial charge in [-0.1, -0.05) is 12.1 Å². The summed E-state index contributed by atoms with van der Waals surface area (Å²) in [6.07, 6.45) is -5.99. The molecule has 1 heterocycles. The van der Waals surface area contributed by atoms with Crippen molar-refractivity contribution in [2.75, 3.05) is 13.7 Å². The number of carbonyl (C=O) groups is 2. The summed E-state index contributed by atoms with van der Waals surface area (Å²) < 4.78 is 10.3. The molecule has 7 N–H and O–H groups in total. The van der Waals surface area contributed by atoms with Crippen molar-refractivity contribution in [2.24, 2.45) is 0 Å². The smallest absolute Gasteiger partial charge is 0.365 e. The Morgan fingerprint density at radius 3 is 2.25 bits per heavy atom. The number of nitrogens with one attached hydrogen (secondary N) is 1. The number of non-ortho nitro benzene ring substituents is 1. The van der Waals surface area contributed by atoms with E-state index in [9.17, 15) is 45.2 Å². The summed E-state index contributed by atoms with van der Waals surface area (Å²) in [5.41, 5.74) is -0.557. The highest BCUT2D eigenvalue weighted by Crippen LogP contribution is 2.48. The molecule has 0 spiro atoms. The average molecular weight is 460 g/mol. The van der Waals surface area contributed by atoms with E-state index >= 15 is 0 Å². The first-order valence-electron chi connectivity index (χ1n) is 9.23. The first-order chi connectivity index (χ1) is 14.8. The highest BCUT2D eigenvalue weighted by Gasteiger charge is 2.68. The fourth-order valence-electron chi connectivity index (χ4n) is 3.71. The average Bonchev–Trinajstić information content (AvgIpc) is 2.74. The monoisotopic (exact) mass is 460 g/mol. The maximum absolute atomic E-state index is 12.0. The highest BCUT2D eigenvalue weighted by atomic mass is 16.7. The van der Waals surface area contributed by atoms with Crippen LogP contribution in [-0.4, -0.2) is 97.1 Å². The fraction of sp³-hybridized carbons (Fsp3) is 0.556. The lowest BCUT2D eigenvalue weighted by molar-refractivity contribution is -0.385. The van der Waals surface area contributed by atoms with Gasteiger partial charge < -0.3 is 45.4 Å². The predicted molar refractivity (Wildman–Crippen MR) is 102 cm³/mol. The van der Waals surface area contributed by atoms with E-state index in [1.807, 2.05) is 0 Å². The Morgan fingerprint density at radius 2 is 1.84 bits per heavy atom. The van der Waals surface area contributed by atoms with Gasteiger partial charge in [0.1, 0.15) is 30.3 Å². The van der Waals surface area contributed by atoms with Gasteiger partial charge in [0.15, 0.2) is 0 Å². The third-order valence-electron chi connectivity index (χ3n) is 5.24. The van der Waals surface area contributed by atoms with Gasteiger partial charge in [-0.3, -0.25) is 14.9 Å². The van der Waals surface area contributed by atoms with Crippen molar-refractivity contribution in [2.45, 2.75) is 48.8 Å². The summed E-state index contributed by atoms with van der Waals surface area (Å²) in [4.78, 5) is 34.1.